The van der Waals surface area contributed by atoms with E-state index in [9.17, 15) is 13.2 Å². The van der Waals surface area contributed by atoms with E-state index in [1.54, 1.807) is 31.3 Å². The molecule has 8 heteroatoms. The summed E-state index contributed by atoms with van der Waals surface area (Å²) in [5, 5.41) is 10.6. The van der Waals surface area contributed by atoms with Gasteiger partial charge in [0, 0.05) is 19.8 Å². The summed E-state index contributed by atoms with van der Waals surface area (Å²) in [6.07, 6.45) is 1.48. The van der Waals surface area contributed by atoms with Crippen LogP contribution in [0.1, 0.15) is 15.9 Å². The number of benzene rings is 1. The number of pyridine rings is 1. The number of carbonyl (C=O) groups is 1. The van der Waals surface area contributed by atoms with Crippen molar-refractivity contribution in [2.75, 3.05) is 12.4 Å². The molecule has 0 unspecified atom stereocenters. The highest BCUT2D eigenvalue weighted by atomic mass is 32.2. The molecule has 2 rings (SSSR count). The summed E-state index contributed by atoms with van der Waals surface area (Å²) in [4.78, 5) is 16.1. The Bertz CT molecular complexity index is 756. The van der Waals surface area contributed by atoms with Crippen LogP contribution < -0.4 is 15.8 Å². The van der Waals surface area contributed by atoms with Crippen molar-refractivity contribution >= 4 is 21.7 Å². The Balaban J connectivity index is 1.98. The maximum atomic E-state index is 12.0. The first-order chi connectivity index (χ1) is 10.4. The van der Waals surface area contributed by atoms with Crippen molar-refractivity contribution in [1.29, 1.82) is 0 Å². The third-order valence-corrected chi connectivity index (χ3v) is 3.92. The third kappa shape index (κ3) is 4.03. The summed E-state index contributed by atoms with van der Waals surface area (Å²) >= 11 is 0. The Morgan fingerprint density at radius 3 is 2.36 bits per heavy atom. The first-order valence-electron chi connectivity index (χ1n) is 6.44. The number of amides is 1. The zero-order valence-corrected chi connectivity index (χ0v) is 12.7. The number of nitrogens with one attached hydrogen (secondary N) is 2. The summed E-state index contributed by atoms with van der Waals surface area (Å²) < 4.78 is 22.3. The highest BCUT2D eigenvalue weighted by molar-refractivity contribution is 7.89. The fourth-order valence-corrected chi connectivity index (χ4v) is 2.27. The zero-order chi connectivity index (χ0) is 16.2. The minimum atomic E-state index is -3.70. The Labute approximate surface area is 128 Å². The smallest absolute Gasteiger partial charge is 0.253 e. The van der Waals surface area contributed by atoms with E-state index in [2.05, 4.69) is 15.6 Å². The van der Waals surface area contributed by atoms with Crippen LogP contribution in [0.2, 0.25) is 0 Å². The molecule has 0 aliphatic rings. The fourth-order valence-electron chi connectivity index (χ4n) is 1.76. The largest absolute Gasteiger partial charge is 0.373 e. The molecule has 0 bridgehead atoms. The van der Waals surface area contributed by atoms with E-state index in [4.69, 9.17) is 5.14 Å². The molecular formula is C14H16N4O3S. The van der Waals surface area contributed by atoms with Crippen molar-refractivity contribution < 1.29 is 13.2 Å². The van der Waals surface area contributed by atoms with Crippen molar-refractivity contribution in [3.63, 3.8) is 0 Å². The lowest BCUT2D eigenvalue weighted by atomic mass is 10.2. The molecule has 1 aromatic carbocycles. The summed E-state index contributed by atoms with van der Waals surface area (Å²) in [6.45, 7) is 0.275. The molecule has 0 saturated heterocycles. The van der Waals surface area contributed by atoms with E-state index in [1.807, 2.05) is 0 Å². The van der Waals surface area contributed by atoms with Crippen molar-refractivity contribution in [2.45, 2.75) is 11.4 Å². The summed E-state index contributed by atoms with van der Waals surface area (Å²) in [7, 11) is -1.96. The van der Waals surface area contributed by atoms with E-state index >= 15 is 0 Å². The summed E-state index contributed by atoms with van der Waals surface area (Å²) in [5.74, 6) is 0.417. The number of nitrogens with two attached hydrogens (primary N) is 1. The van der Waals surface area contributed by atoms with Gasteiger partial charge >= 0.3 is 0 Å². The highest BCUT2D eigenvalue weighted by Crippen LogP contribution is 2.09. The van der Waals surface area contributed by atoms with Crippen molar-refractivity contribution in [3.8, 4) is 0 Å². The number of sulfonamides is 1. The van der Waals surface area contributed by atoms with E-state index in [1.165, 1.54) is 18.3 Å². The normalized spacial score (nSPS) is 11.0. The van der Waals surface area contributed by atoms with Crippen LogP contribution in [0.15, 0.2) is 47.5 Å². The second-order valence-electron chi connectivity index (χ2n) is 4.55. The molecule has 0 aliphatic heterocycles. The van der Waals surface area contributed by atoms with Gasteiger partial charge < -0.3 is 10.6 Å². The SMILES string of the molecule is CNc1ccc(C(=O)NCc2ccc(S(N)(=O)=O)cc2)cn1. The monoisotopic (exact) mass is 320 g/mol. The molecule has 0 fully saturated rings. The molecule has 0 atom stereocenters. The van der Waals surface area contributed by atoms with E-state index < -0.39 is 10.0 Å². The average Bonchev–Trinajstić information content (AvgIpc) is 2.52. The van der Waals surface area contributed by atoms with E-state index in [0.717, 1.165) is 5.56 Å². The van der Waals surface area contributed by atoms with Gasteiger partial charge in [0.15, 0.2) is 0 Å². The first-order valence-corrected chi connectivity index (χ1v) is 7.98. The topological polar surface area (TPSA) is 114 Å². The Morgan fingerprint density at radius 2 is 1.86 bits per heavy atom. The molecule has 0 radical (unpaired) electrons. The van der Waals surface area contributed by atoms with Crippen LogP contribution >= 0.6 is 0 Å². The number of rotatable bonds is 5. The molecule has 1 aromatic heterocycles. The lowest BCUT2D eigenvalue weighted by Gasteiger charge is -2.06. The second kappa shape index (κ2) is 6.54. The molecule has 2 aromatic rings. The Morgan fingerprint density at radius 1 is 1.18 bits per heavy atom. The Kier molecular flexibility index (Phi) is 4.74. The van der Waals surface area contributed by atoms with Crippen LogP contribution in [0.3, 0.4) is 0 Å². The standard InChI is InChI=1S/C14H16N4O3S/c1-16-13-7-4-11(9-17-13)14(19)18-8-10-2-5-12(6-3-10)22(15,20)21/h2-7,9H,8H2,1H3,(H,16,17)(H,18,19)(H2,15,20,21). The number of hydrogen-bond donors (Lipinski definition) is 3. The van der Waals surface area contributed by atoms with Gasteiger partial charge in [0.05, 0.1) is 10.5 Å². The minimum absolute atomic E-state index is 0.0365. The highest BCUT2D eigenvalue weighted by Gasteiger charge is 2.08. The molecule has 0 saturated carbocycles. The van der Waals surface area contributed by atoms with Crippen molar-refractivity contribution in [1.82, 2.24) is 10.3 Å². The maximum Gasteiger partial charge on any atom is 0.253 e. The first kappa shape index (κ1) is 15.9. The lowest BCUT2D eigenvalue weighted by molar-refractivity contribution is 0.0950. The molecule has 1 heterocycles. The molecule has 4 N–H and O–H groups in total. The van der Waals surface area contributed by atoms with Gasteiger partial charge in [-0.3, -0.25) is 4.79 Å². The van der Waals surface area contributed by atoms with Crippen molar-refractivity contribution in [2.24, 2.45) is 5.14 Å². The molecule has 1 amide bonds. The average molecular weight is 320 g/mol. The molecule has 116 valence electrons. The van der Waals surface area contributed by atoms with Gasteiger partial charge in [0.2, 0.25) is 10.0 Å². The van der Waals surface area contributed by atoms with Crippen LogP contribution in [0.4, 0.5) is 5.82 Å². The van der Waals surface area contributed by atoms with E-state index in [0.29, 0.717) is 11.4 Å². The van der Waals surface area contributed by atoms with Crippen LogP contribution in [-0.4, -0.2) is 26.4 Å². The number of nitrogens with zero attached hydrogens (tertiary/aromatic N) is 1. The van der Waals surface area contributed by atoms with Gasteiger partial charge in [-0.25, -0.2) is 18.5 Å². The maximum absolute atomic E-state index is 12.0. The van der Waals surface area contributed by atoms with Crippen LogP contribution in [0.5, 0.6) is 0 Å². The predicted molar refractivity (Wildman–Crippen MR) is 82.8 cm³/mol. The van der Waals surface area contributed by atoms with Gasteiger partial charge in [-0.2, -0.15) is 0 Å². The van der Waals surface area contributed by atoms with Gasteiger partial charge in [-0.15, -0.1) is 0 Å². The van der Waals surface area contributed by atoms with Gasteiger partial charge in [0.1, 0.15) is 5.82 Å². The lowest BCUT2D eigenvalue weighted by Crippen LogP contribution is -2.23. The molecule has 22 heavy (non-hydrogen) atoms. The van der Waals surface area contributed by atoms with Crippen LogP contribution in [-0.2, 0) is 16.6 Å². The molecule has 0 aliphatic carbocycles. The molecular weight excluding hydrogens is 304 g/mol. The quantitative estimate of drug-likeness (QED) is 0.750. The zero-order valence-electron chi connectivity index (χ0n) is 11.9. The van der Waals surface area contributed by atoms with Gasteiger partial charge in [-0.1, -0.05) is 12.1 Å². The summed E-state index contributed by atoms with van der Waals surface area (Å²) in [5.41, 5.74) is 1.21. The van der Waals surface area contributed by atoms with Gasteiger partial charge in [-0.05, 0) is 29.8 Å². The number of aromatic nitrogens is 1. The predicted octanol–water partition coefficient (Wildman–Crippen LogP) is 0.701. The number of hydrogen-bond acceptors (Lipinski definition) is 5. The minimum Gasteiger partial charge on any atom is -0.373 e. The number of primary sulfonamides is 1. The second-order valence-corrected chi connectivity index (χ2v) is 6.12. The third-order valence-electron chi connectivity index (χ3n) is 2.99. The van der Waals surface area contributed by atoms with Crippen LogP contribution in [0, 0.1) is 0 Å². The number of carbonyl (C=O) groups excluding carboxylic acids is 1. The summed E-state index contributed by atoms with van der Waals surface area (Å²) in [6, 6.07) is 9.37. The van der Waals surface area contributed by atoms with Gasteiger partial charge in [0.25, 0.3) is 5.91 Å². The van der Waals surface area contributed by atoms with Crippen molar-refractivity contribution in [3.05, 3.63) is 53.7 Å². The van der Waals surface area contributed by atoms with Crippen LogP contribution in [0.25, 0.3) is 0 Å². The fraction of sp³-hybridized carbons (Fsp3) is 0.143. The molecule has 0 spiro atoms. The van der Waals surface area contributed by atoms with E-state index in [-0.39, 0.29) is 17.3 Å². The molecule has 7 nitrogen and oxygen atoms in total. The Hall–Kier alpha value is -2.45. The number of anilines is 1.